The van der Waals surface area contributed by atoms with Gasteiger partial charge in [0.25, 0.3) is 5.91 Å². The monoisotopic (exact) mass is 439 g/mol. The van der Waals surface area contributed by atoms with Crippen LogP contribution in [0.1, 0.15) is 24.8 Å². The topological polar surface area (TPSA) is 117 Å². The smallest absolute Gasteiger partial charge is 0.325 e. The van der Waals surface area contributed by atoms with Gasteiger partial charge in [-0.3, -0.25) is 14.5 Å². The number of hydrogen-bond acceptors (Lipinski definition) is 7. The van der Waals surface area contributed by atoms with Gasteiger partial charge in [0.15, 0.2) is 11.5 Å². The normalized spacial score (nSPS) is 16.9. The van der Waals surface area contributed by atoms with E-state index in [2.05, 4.69) is 10.6 Å². The number of amides is 4. The van der Waals surface area contributed by atoms with Gasteiger partial charge < -0.3 is 25.2 Å². The molecule has 2 unspecified atom stereocenters. The molecule has 0 bridgehead atoms. The Bertz CT molecular complexity index is 760. The lowest BCUT2D eigenvalue weighted by Crippen LogP contribution is -2.39. The molecule has 2 rings (SSSR count). The van der Waals surface area contributed by atoms with Gasteiger partial charge in [0, 0.05) is 6.42 Å². The lowest BCUT2D eigenvalue weighted by Gasteiger charge is -2.16. The predicted octanol–water partition coefficient (Wildman–Crippen LogP) is 1.13. The first-order chi connectivity index (χ1) is 14.4. The minimum absolute atomic E-state index is 0.0800. The standard InChI is InChI=1S/C20H29N3O6S/c1-28-16-6-4-13(10-17(16)29-2)11-23-19(26)15(22-20(23)27)5-7-18(25)21-14(12-24)8-9-30-3/h4,6,10,14-15,24H,5,7-9,11-12H2,1-3H3,(H,21,25)(H,22,27). The van der Waals surface area contributed by atoms with Crippen LogP contribution in [0.4, 0.5) is 4.79 Å². The van der Waals surface area contributed by atoms with Crippen molar-refractivity contribution in [1.82, 2.24) is 15.5 Å². The summed E-state index contributed by atoms with van der Waals surface area (Å²) in [6.45, 7) is -0.0422. The average Bonchev–Trinajstić information content (AvgIpc) is 3.02. The molecule has 4 amide bonds. The van der Waals surface area contributed by atoms with Gasteiger partial charge in [-0.2, -0.15) is 11.8 Å². The zero-order valence-corrected chi connectivity index (χ0v) is 18.3. The molecule has 1 aliphatic rings. The van der Waals surface area contributed by atoms with Gasteiger partial charge in [-0.25, -0.2) is 4.79 Å². The zero-order valence-electron chi connectivity index (χ0n) is 17.5. The van der Waals surface area contributed by atoms with Gasteiger partial charge in [-0.05, 0) is 42.5 Å². The fourth-order valence-corrected chi connectivity index (χ4v) is 3.65. The Morgan fingerprint density at radius 1 is 1.30 bits per heavy atom. The number of benzene rings is 1. The summed E-state index contributed by atoms with van der Waals surface area (Å²) in [4.78, 5) is 38.2. The van der Waals surface area contributed by atoms with Gasteiger partial charge in [-0.1, -0.05) is 6.07 Å². The molecule has 1 aliphatic heterocycles. The maximum absolute atomic E-state index is 12.6. The van der Waals surface area contributed by atoms with Crippen LogP contribution < -0.4 is 20.1 Å². The van der Waals surface area contributed by atoms with E-state index in [1.807, 2.05) is 6.26 Å². The highest BCUT2D eigenvalue weighted by atomic mass is 32.2. The first kappa shape index (κ1) is 23.8. The number of carbonyl (C=O) groups excluding carboxylic acids is 3. The molecule has 166 valence electrons. The highest BCUT2D eigenvalue weighted by molar-refractivity contribution is 7.98. The van der Waals surface area contributed by atoms with E-state index in [4.69, 9.17) is 9.47 Å². The minimum atomic E-state index is -0.748. The summed E-state index contributed by atoms with van der Waals surface area (Å²) in [7, 11) is 3.04. The van der Waals surface area contributed by atoms with E-state index in [0.717, 1.165) is 10.7 Å². The van der Waals surface area contributed by atoms with E-state index in [1.165, 1.54) is 14.2 Å². The number of rotatable bonds is 12. The molecule has 2 atom stereocenters. The largest absolute Gasteiger partial charge is 0.493 e. The lowest BCUT2D eigenvalue weighted by molar-refractivity contribution is -0.128. The molecular weight excluding hydrogens is 410 g/mol. The van der Waals surface area contributed by atoms with E-state index in [1.54, 1.807) is 30.0 Å². The number of imide groups is 1. The molecule has 30 heavy (non-hydrogen) atoms. The number of hydrogen-bond donors (Lipinski definition) is 3. The second-order valence-corrected chi connectivity index (χ2v) is 7.87. The molecule has 1 saturated heterocycles. The van der Waals surface area contributed by atoms with Crippen molar-refractivity contribution in [2.45, 2.75) is 37.9 Å². The molecule has 0 radical (unpaired) electrons. The molecule has 0 saturated carbocycles. The van der Waals surface area contributed by atoms with Crippen LogP contribution in [-0.2, 0) is 16.1 Å². The Morgan fingerprint density at radius 2 is 2.03 bits per heavy atom. The highest BCUT2D eigenvalue weighted by Gasteiger charge is 2.38. The molecule has 0 spiro atoms. The van der Waals surface area contributed by atoms with Crippen molar-refractivity contribution < 1.29 is 29.0 Å². The second-order valence-electron chi connectivity index (χ2n) is 6.88. The van der Waals surface area contributed by atoms with Crippen LogP contribution in [0.3, 0.4) is 0 Å². The van der Waals surface area contributed by atoms with Crippen molar-refractivity contribution in [3.8, 4) is 11.5 Å². The number of nitrogens with one attached hydrogen (secondary N) is 2. The predicted molar refractivity (Wildman–Crippen MR) is 114 cm³/mol. The summed E-state index contributed by atoms with van der Waals surface area (Å²) in [5, 5.41) is 14.7. The van der Waals surface area contributed by atoms with Gasteiger partial charge in [0.1, 0.15) is 6.04 Å². The minimum Gasteiger partial charge on any atom is -0.493 e. The van der Waals surface area contributed by atoms with E-state index >= 15 is 0 Å². The third-order valence-corrected chi connectivity index (χ3v) is 5.46. The number of methoxy groups -OCH3 is 2. The molecule has 1 aromatic carbocycles. The molecule has 0 aromatic heterocycles. The summed E-state index contributed by atoms with van der Waals surface area (Å²) in [5.74, 6) is 1.27. The zero-order chi connectivity index (χ0) is 22.1. The maximum Gasteiger partial charge on any atom is 0.325 e. The highest BCUT2D eigenvalue weighted by Crippen LogP contribution is 2.28. The molecule has 0 aliphatic carbocycles. The van der Waals surface area contributed by atoms with Crippen LogP contribution in [0.15, 0.2) is 18.2 Å². The summed E-state index contributed by atoms with van der Waals surface area (Å²) in [5.41, 5.74) is 0.717. The average molecular weight is 440 g/mol. The first-order valence-corrected chi connectivity index (χ1v) is 11.0. The molecule has 10 heteroatoms. The van der Waals surface area contributed by atoms with Crippen LogP contribution >= 0.6 is 11.8 Å². The summed E-state index contributed by atoms with van der Waals surface area (Å²) < 4.78 is 10.4. The Hall–Kier alpha value is -2.46. The third kappa shape index (κ3) is 6.27. The van der Waals surface area contributed by atoms with Crippen molar-refractivity contribution in [3.63, 3.8) is 0 Å². The van der Waals surface area contributed by atoms with Crippen molar-refractivity contribution in [3.05, 3.63) is 23.8 Å². The maximum atomic E-state index is 12.6. The van der Waals surface area contributed by atoms with E-state index < -0.39 is 12.1 Å². The van der Waals surface area contributed by atoms with Crippen molar-refractivity contribution in [1.29, 1.82) is 0 Å². The third-order valence-electron chi connectivity index (χ3n) is 4.81. The van der Waals surface area contributed by atoms with E-state index in [0.29, 0.717) is 23.5 Å². The number of aliphatic hydroxyl groups is 1. The van der Waals surface area contributed by atoms with Gasteiger partial charge in [0.2, 0.25) is 5.91 Å². The second kappa shape index (κ2) is 11.7. The fraction of sp³-hybridized carbons (Fsp3) is 0.550. The Kier molecular flexibility index (Phi) is 9.25. The lowest BCUT2D eigenvalue weighted by atomic mass is 10.1. The molecule has 1 aromatic rings. The number of ether oxygens (including phenoxy) is 2. The van der Waals surface area contributed by atoms with Crippen LogP contribution in [0, 0.1) is 0 Å². The van der Waals surface area contributed by atoms with Crippen LogP contribution in [-0.4, -0.2) is 72.8 Å². The van der Waals surface area contributed by atoms with Gasteiger partial charge >= 0.3 is 6.03 Å². The molecule has 3 N–H and O–H groups in total. The van der Waals surface area contributed by atoms with Gasteiger partial charge in [0.05, 0.1) is 33.4 Å². The Balaban J connectivity index is 1.91. The van der Waals surface area contributed by atoms with E-state index in [9.17, 15) is 19.5 Å². The van der Waals surface area contributed by atoms with Crippen LogP contribution in [0.2, 0.25) is 0 Å². The quantitative estimate of drug-likeness (QED) is 0.418. The first-order valence-electron chi connectivity index (χ1n) is 9.65. The molecular formula is C20H29N3O6S. The van der Waals surface area contributed by atoms with Crippen LogP contribution in [0.25, 0.3) is 0 Å². The number of aliphatic hydroxyl groups excluding tert-OH is 1. The summed E-state index contributed by atoms with van der Waals surface area (Å²) >= 11 is 1.64. The number of nitrogens with zero attached hydrogens (tertiary/aromatic N) is 1. The van der Waals surface area contributed by atoms with Crippen LogP contribution in [0.5, 0.6) is 11.5 Å². The van der Waals surface area contributed by atoms with Crippen molar-refractivity contribution >= 4 is 29.6 Å². The summed E-state index contributed by atoms with van der Waals surface area (Å²) in [6.07, 6.45) is 2.90. The Morgan fingerprint density at radius 3 is 2.67 bits per heavy atom. The Labute approximate surface area is 180 Å². The van der Waals surface area contributed by atoms with Gasteiger partial charge in [-0.15, -0.1) is 0 Å². The molecule has 9 nitrogen and oxygen atoms in total. The van der Waals surface area contributed by atoms with Crippen molar-refractivity contribution in [2.24, 2.45) is 0 Å². The van der Waals surface area contributed by atoms with Crippen molar-refractivity contribution in [2.75, 3.05) is 32.8 Å². The number of thioether (sulfide) groups is 1. The number of carbonyl (C=O) groups is 3. The number of urea groups is 1. The molecule has 1 heterocycles. The SMILES string of the molecule is COc1ccc(CN2C(=O)NC(CCC(=O)NC(CO)CCSC)C2=O)cc1OC. The fourth-order valence-electron chi connectivity index (χ4n) is 3.13. The summed E-state index contributed by atoms with van der Waals surface area (Å²) in [6, 6.07) is 3.63. The molecule has 1 fully saturated rings. The van der Waals surface area contributed by atoms with E-state index in [-0.39, 0.29) is 43.8 Å².